The molecule has 2 amide bonds. The molecule has 1 atom stereocenters. The Morgan fingerprint density at radius 3 is 2.03 bits per heavy atom. The summed E-state index contributed by atoms with van der Waals surface area (Å²) in [6, 6.07) is 9.21. The van der Waals surface area contributed by atoms with E-state index in [-0.39, 0.29) is 17.2 Å². The highest BCUT2D eigenvalue weighted by molar-refractivity contribution is 6.06. The van der Waals surface area contributed by atoms with Crippen molar-refractivity contribution in [1.82, 2.24) is 4.98 Å². The molecular formula is C24H28F3N3O2. The Hall–Kier alpha value is -2.90. The van der Waals surface area contributed by atoms with Gasteiger partial charge < -0.3 is 5.73 Å². The Kier molecular flexibility index (Phi) is 6.91. The zero-order chi connectivity index (χ0) is 23.5. The molecule has 0 aliphatic heterocycles. The van der Waals surface area contributed by atoms with Gasteiger partial charge in [-0.3, -0.25) is 19.5 Å². The van der Waals surface area contributed by atoms with Crippen LogP contribution in [-0.4, -0.2) is 23.0 Å². The lowest BCUT2D eigenvalue weighted by Crippen LogP contribution is -2.64. The predicted octanol–water partition coefficient (Wildman–Crippen LogP) is 5.06. The molecule has 5 nitrogen and oxygen atoms in total. The molecule has 172 valence electrons. The number of primary amides is 1. The van der Waals surface area contributed by atoms with Gasteiger partial charge in [-0.2, -0.15) is 13.2 Å². The highest BCUT2D eigenvalue weighted by atomic mass is 19.4. The van der Waals surface area contributed by atoms with E-state index in [2.05, 4.69) is 4.98 Å². The number of amides is 2. The van der Waals surface area contributed by atoms with E-state index in [0.717, 1.165) is 24.8 Å². The third-order valence-electron chi connectivity index (χ3n) is 6.31. The Labute approximate surface area is 185 Å². The normalized spacial score (nSPS) is 17.1. The molecule has 0 bridgehead atoms. The molecule has 0 radical (unpaired) electrons. The number of benzene rings is 1. The van der Waals surface area contributed by atoms with E-state index in [9.17, 15) is 22.8 Å². The molecule has 1 heterocycles. The Morgan fingerprint density at radius 2 is 1.56 bits per heavy atom. The van der Waals surface area contributed by atoms with Crippen LogP contribution >= 0.6 is 0 Å². The quantitative estimate of drug-likeness (QED) is 0.672. The van der Waals surface area contributed by atoms with E-state index in [1.165, 1.54) is 36.7 Å². The standard InChI is InChI=1S/C24H28F3N3O2/c1-16(2)17-8-10-20(11-9-17)30(22(32)24(25,26)27)23(21(28)31,18-6-4-3-5-7-18)19-12-14-29-15-13-19/h8-16,18H,3-7H2,1-2H3,(H2,28,31). The number of anilines is 1. The van der Waals surface area contributed by atoms with Crippen molar-refractivity contribution in [1.29, 1.82) is 0 Å². The van der Waals surface area contributed by atoms with Crippen molar-refractivity contribution < 1.29 is 22.8 Å². The smallest absolute Gasteiger partial charge is 0.367 e. The monoisotopic (exact) mass is 447 g/mol. The van der Waals surface area contributed by atoms with Crippen molar-refractivity contribution >= 4 is 17.5 Å². The van der Waals surface area contributed by atoms with Crippen LogP contribution in [0, 0.1) is 5.92 Å². The van der Waals surface area contributed by atoms with Crippen LogP contribution in [0.3, 0.4) is 0 Å². The number of rotatable bonds is 6. The number of nitrogens with two attached hydrogens (primary N) is 1. The summed E-state index contributed by atoms with van der Waals surface area (Å²) in [7, 11) is 0. The number of carbonyl (C=O) groups excluding carboxylic acids is 2. The first-order valence-corrected chi connectivity index (χ1v) is 10.8. The van der Waals surface area contributed by atoms with E-state index < -0.39 is 29.4 Å². The van der Waals surface area contributed by atoms with Crippen LogP contribution in [0.25, 0.3) is 0 Å². The van der Waals surface area contributed by atoms with Crippen LogP contribution in [-0.2, 0) is 15.1 Å². The fourth-order valence-corrected chi connectivity index (χ4v) is 4.74. The van der Waals surface area contributed by atoms with Crippen molar-refractivity contribution in [3.63, 3.8) is 0 Å². The van der Waals surface area contributed by atoms with Gasteiger partial charge in [-0.1, -0.05) is 45.2 Å². The lowest BCUT2D eigenvalue weighted by molar-refractivity contribution is -0.173. The first kappa shape index (κ1) is 23.8. The molecule has 0 saturated heterocycles. The van der Waals surface area contributed by atoms with Crippen LogP contribution in [0.2, 0.25) is 0 Å². The second kappa shape index (κ2) is 9.30. The van der Waals surface area contributed by atoms with Crippen molar-refractivity contribution in [2.45, 2.75) is 63.6 Å². The number of carbonyl (C=O) groups is 2. The molecule has 1 aliphatic carbocycles. The molecule has 1 aliphatic rings. The van der Waals surface area contributed by atoms with Crippen LogP contribution in [0.5, 0.6) is 0 Å². The lowest BCUT2D eigenvalue weighted by Gasteiger charge is -2.48. The molecule has 1 aromatic carbocycles. The predicted molar refractivity (Wildman–Crippen MR) is 116 cm³/mol. The summed E-state index contributed by atoms with van der Waals surface area (Å²) < 4.78 is 41.7. The van der Waals surface area contributed by atoms with Crippen molar-refractivity contribution in [3.8, 4) is 0 Å². The van der Waals surface area contributed by atoms with Crippen molar-refractivity contribution in [3.05, 3.63) is 59.9 Å². The van der Waals surface area contributed by atoms with Crippen molar-refractivity contribution in [2.75, 3.05) is 4.90 Å². The number of hydrogen-bond donors (Lipinski definition) is 1. The maximum absolute atomic E-state index is 13.9. The zero-order valence-corrected chi connectivity index (χ0v) is 18.2. The summed E-state index contributed by atoms with van der Waals surface area (Å²) in [6.07, 6.45) is 0.962. The number of nitrogens with zero attached hydrogens (tertiary/aromatic N) is 2. The number of halogens is 3. The van der Waals surface area contributed by atoms with Gasteiger partial charge >= 0.3 is 12.1 Å². The third-order valence-corrected chi connectivity index (χ3v) is 6.31. The summed E-state index contributed by atoms with van der Waals surface area (Å²) in [5.41, 5.74) is 5.04. The fraction of sp³-hybridized carbons (Fsp3) is 0.458. The van der Waals surface area contributed by atoms with Crippen molar-refractivity contribution in [2.24, 2.45) is 11.7 Å². The first-order valence-electron chi connectivity index (χ1n) is 10.8. The molecule has 2 aromatic rings. The largest absolute Gasteiger partial charge is 0.471 e. The number of pyridine rings is 1. The van der Waals surface area contributed by atoms with Crippen LogP contribution < -0.4 is 10.6 Å². The summed E-state index contributed by atoms with van der Waals surface area (Å²) in [5.74, 6) is -3.51. The third kappa shape index (κ3) is 4.36. The van der Waals surface area contributed by atoms with Gasteiger partial charge in [-0.15, -0.1) is 0 Å². The van der Waals surface area contributed by atoms with E-state index >= 15 is 0 Å². The van der Waals surface area contributed by atoms with Gasteiger partial charge in [0, 0.05) is 18.1 Å². The molecule has 1 aromatic heterocycles. The van der Waals surface area contributed by atoms with Crippen LogP contribution in [0.15, 0.2) is 48.8 Å². The summed E-state index contributed by atoms with van der Waals surface area (Å²) >= 11 is 0. The number of alkyl halides is 3. The first-order chi connectivity index (χ1) is 15.1. The van der Waals surface area contributed by atoms with Gasteiger partial charge in [0.15, 0.2) is 5.54 Å². The molecule has 3 rings (SSSR count). The molecule has 1 fully saturated rings. The van der Waals surface area contributed by atoms with Gasteiger partial charge in [0.05, 0.1) is 0 Å². The summed E-state index contributed by atoms with van der Waals surface area (Å²) in [6.45, 7) is 3.92. The molecule has 32 heavy (non-hydrogen) atoms. The number of aromatic nitrogens is 1. The second-order valence-corrected chi connectivity index (χ2v) is 8.59. The molecular weight excluding hydrogens is 419 g/mol. The van der Waals surface area contributed by atoms with E-state index in [4.69, 9.17) is 5.73 Å². The van der Waals surface area contributed by atoms with Crippen LogP contribution in [0.4, 0.5) is 18.9 Å². The lowest BCUT2D eigenvalue weighted by atomic mass is 9.69. The SMILES string of the molecule is CC(C)c1ccc(N(C(=O)C(F)(F)F)C(C(N)=O)(c2ccncc2)C2CCCCC2)cc1. The number of hydrogen-bond acceptors (Lipinski definition) is 3. The maximum Gasteiger partial charge on any atom is 0.471 e. The van der Waals surface area contributed by atoms with E-state index in [1.54, 1.807) is 12.1 Å². The minimum atomic E-state index is -5.20. The molecule has 1 saturated carbocycles. The van der Waals surface area contributed by atoms with Gasteiger partial charge in [0.25, 0.3) is 0 Å². The maximum atomic E-state index is 13.9. The van der Waals surface area contributed by atoms with Gasteiger partial charge in [0.2, 0.25) is 5.91 Å². The highest BCUT2D eigenvalue weighted by Gasteiger charge is 2.58. The average molecular weight is 448 g/mol. The Balaban J connectivity index is 2.32. The van der Waals surface area contributed by atoms with Crippen LogP contribution in [0.1, 0.15) is 63.0 Å². The molecule has 1 unspecified atom stereocenters. The van der Waals surface area contributed by atoms with Gasteiger partial charge in [0.1, 0.15) is 0 Å². The summed E-state index contributed by atoms with van der Waals surface area (Å²) in [5, 5.41) is 0. The second-order valence-electron chi connectivity index (χ2n) is 8.59. The Morgan fingerprint density at radius 1 is 1.00 bits per heavy atom. The van der Waals surface area contributed by atoms with Gasteiger partial charge in [-0.25, -0.2) is 0 Å². The molecule has 8 heteroatoms. The van der Waals surface area contributed by atoms with E-state index in [1.807, 2.05) is 13.8 Å². The zero-order valence-electron chi connectivity index (χ0n) is 18.2. The fourth-order valence-electron chi connectivity index (χ4n) is 4.74. The Bertz CT molecular complexity index is 939. The van der Waals surface area contributed by atoms with Gasteiger partial charge in [-0.05, 0) is 60.1 Å². The highest BCUT2D eigenvalue weighted by Crippen LogP contribution is 2.47. The minimum Gasteiger partial charge on any atom is -0.367 e. The topological polar surface area (TPSA) is 76.3 Å². The molecule has 2 N–H and O–H groups in total. The minimum absolute atomic E-state index is 0.0158. The molecule has 0 spiro atoms. The summed E-state index contributed by atoms with van der Waals surface area (Å²) in [4.78, 5) is 30.6. The van der Waals surface area contributed by atoms with E-state index in [0.29, 0.717) is 17.7 Å². The average Bonchev–Trinajstić information content (AvgIpc) is 2.77.